The third kappa shape index (κ3) is 3.27. The molecule has 1 fully saturated rings. The molecule has 0 bridgehead atoms. The predicted molar refractivity (Wildman–Crippen MR) is 80.5 cm³/mol. The standard InChI is InChI=1S/C15H25FN4/c1-4-12(2)19-7-9-20(10-8-19)15-14(16)13(11-17-3)5-6-18-15/h5-6,12,17H,4,7-11H2,1-3H3. The molecule has 0 aliphatic carbocycles. The Labute approximate surface area is 121 Å². The summed E-state index contributed by atoms with van der Waals surface area (Å²) in [7, 11) is 1.82. The summed E-state index contributed by atoms with van der Waals surface area (Å²) in [6.07, 6.45) is 2.86. The number of aromatic nitrogens is 1. The highest BCUT2D eigenvalue weighted by atomic mass is 19.1. The molecule has 4 nitrogen and oxygen atoms in total. The summed E-state index contributed by atoms with van der Waals surface area (Å²) in [5.41, 5.74) is 0.682. The lowest BCUT2D eigenvalue weighted by Gasteiger charge is -2.38. The van der Waals surface area contributed by atoms with Crippen LogP contribution in [0.2, 0.25) is 0 Å². The van der Waals surface area contributed by atoms with Gasteiger partial charge in [-0.05, 0) is 26.5 Å². The lowest BCUT2D eigenvalue weighted by Crippen LogP contribution is -2.50. The second-order valence-electron chi connectivity index (χ2n) is 5.42. The summed E-state index contributed by atoms with van der Waals surface area (Å²) < 4.78 is 14.4. The van der Waals surface area contributed by atoms with E-state index in [1.54, 1.807) is 12.3 Å². The number of rotatable bonds is 5. The summed E-state index contributed by atoms with van der Waals surface area (Å²) >= 11 is 0. The first-order valence-corrected chi connectivity index (χ1v) is 7.44. The second kappa shape index (κ2) is 6.99. The van der Waals surface area contributed by atoms with Crippen molar-refractivity contribution in [3.8, 4) is 0 Å². The van der Waals surface area contributed by atoms with Crippen LogP contribution in [0.4, 0.5) is 10.2 Å². The normalized spacial score (nSPS) is 18.3. The minimum Gasteiger partial charge on any atom is -0.352 e. The monoisotopic (exact) mass is 280 g/mol. The van der Waals surface area contributed by atoms with Gasteiger partial charge >= 0.3 is 0 Å². The third-order valence-corrected chi connectivity index (χ3v) is 4.15. The molecule has 20 heavy (non-hydrogen) atoms. The molecule has 0 spiro atoms. The van der Waals surface area contributed by atoms with Crippen molar-refractivity contribution in [2.45, 2.75) is 32.9 Å². The summed E-state index contributed by atoms with van der Waals surface area (Å²) in [4.78, 5) is 8.77. The van der Waals surface area contributed by atoms with E-state index in [9.17, 15) is 4.39 Å². The summed E-state index contributed by atoms with van der Waals surface area (Å²) in [5, 5.41) is 2.99. The lowest BCUT2D eigenvalue weighted by molar-refractivity contribution is 0.192. The number of piperazine rings is 1. The molecular weight excluding hydrogens is 255 g/mol. The zero-order valence-corrected chi connectivity index (χ0v) is 12.7. The molecule has 1 aliphatic heterocycles. The molecule has 2 rings (SSSR count). The summed E-state index contributed by atoms with van der Waals surface area (Å²) in [6.45, 7) is 8.64. The van der Waals surface area contributed by atoms with E-state index in [0.29, 0.717) is 24.0 Å². The minimum absolute atomic E-state index is 0.182. The van der Waals surface area contributed by atoms with Crippen LogP contribution in [0, 0.1) is 5.82 Å². The number of nitrogens with zero attached hydrogens (tertiary/aromatic N) is 3. The Balaban J connectivity index is 2.05. The van der Waals surface area contributed by atoms with Crippen molar-refractivity contribution in [2.24, 2.45) is 0 Å². The van der Waals surface area contributed by atoms with Crippen LogP contribution in [0.25, 0.3) is 0 Å². The molecule has 1 saturated heterocycles. The van der Waals surface area contributed by atoms with Crippen LogP contribution in [-0.4, -0.2) is 49.2 Å². The van der Waals surface area contributed by atoms with E-state index in [2.05, 4.69) is 33.9 Å². The van der Waals surface area contributed by atoms with Gasteiger partial charge in [-0.25, -0.2) is 9.37 Å². The van der Waals surface area contributed by atoms with E-state index in [0.717, 1.165) is 32.6 Å². The van der Waals surface area contributed by atoms with Gasteiger partial charge in [0.15, 0.2) is 11.6 Å². The highest BCUT2D eigenvalue weighted by molar-refractivity contribution is 5.43. The SMILES string of the molecule is CCC(C)N1CCN(c2nccc(CNC)c2F)CC1. The van der Waals surface area contributed by atoms with Crippen molar-refractivity contribution >= 4 is 5.82 Å². The smallest absolute Gasteiger partial charge is 0.170 e. The zero-order chi connectivity index (χ0) is 14.5. The molecule has 0 amide bonds. The Morgan fingerprint density at radius 1 is 1.35 bits per heavy atom. The molecular formula is C15H25FN4. The van der Waals surface area contributed by atoms with Gasteiger partial charge in [-0.15, -0.1) is 0 Å². The molecule has 1 atom stereocenters. The molecule has 5 heteroatoms. The van der Waals surface area contributed by atoms with Gasteiger partial charge in [0.2, 0.25) is 0 Å². The molecule has 1 aliphatic rings. The van der Waals surface area contributed by atoms with E-state index in [1.165, 1.54) is 0 Å². The van der Waals surface area contributed by atoms with Crippen molar-refractivity contribution in [3.63, 3.8) is 0 Å². The lowest BCUT2D eigenvalue weighted by atomic mass is 10.2. The fourth-order valence-electron chi connectivity index (χ4n) is 2.65. The van der Waals surface area contributed by atoms with Crippen LogP contribution in [0.5, 0.6) is 0 Å². The van der Waals surface area contributed by atoms with Gasteiger partial charge in [0.1, 0.15) is 0 Å². The fourth-order valence-corrected chi connectivity index (χ4v) is 2.65. The molecule has 112 valence electrons. The number of halogens is 1. The maximum absolute atomic E-state index is 14.4. The molecule has 0 radical (unpaired) electrons. The van der Waals surface area contributed by atoms with Crippen molar-refractivity contribution in [3.05, 3.63) is 23.6 Å². The van der Waals surface area contributed by atoms with Crippen LogP contribution in [0.3, 0.4) is 0 Å². The molecule has 1 aromatic rings. The van der Waals surface area contributed by atoms with Gasteiger partial charge in [0.05, 0.1) is 0 Å². The molecule has 1 unspecified atom stereocenters. The molecule has 2 heterocycles. The van der Waals surface area contributed by atoms with Crippen LogP contribution in [0.15, 0.2) is 12.3 Å². The zero-order valence-electron chi connectivity index (χ0n) is 12.7. The number of hydrogen-bond donors (Lipinski definition) is 1. The highest BCUT2D eigenvalue weighted by Gasteiger charge is 2.23. The Morgan fingerprint density at radius 3 is 2.65 bits per heavy atom. The minimum atomic E-state index is -0.182. The second-order valence-corrected chi connectivity index (χ2v) is 5.42. The van der Waals surface area contributed by atoms with Crippen LogP contribution in [0.1, 0.15) is 25.8 Å². The summed E-state index contributed by atoms with van der Waals surface area (Å²) in [6, 6.07) is 2.34. The van der Waals surface area contributed by atoms with Gasteiger partial charge in [-0.1, -0.05) is 6.92 Å². The number of nitrogens with one attached hydrogen (secondary N) is 1. The van der Waals surface area contributed by atoms with Crippen LogP contribution in [-0.2, 0) is 6.54 Å². The van der Waals surface area contributed by atoms with Crippen molar-refractivity contribution in [1.29, 1.82) is 0 Å². The summed E-state index contributed by atoms with van der Waals surface area (Å²) in [5.74, 6) is 0.320. The molecule has 1 N–H and O–H groups in total. The highest BCUT2D eigenvalue weighted by Crippen LogP contribution is 2.21. The van der Waals surface area contributed by atoms with E-state index >= 15 is 0 Å². The first-order chi connectivity index (χ1) is 9.67. The maximum atomic E-state index is 14.4. The van der Waals surface area contributed by atoms with E-state index in [1.807, 2.05) is 7.05 Å². The van der Waals surface area contributed by atoms with E-state index in [-0.39, 0.29) is 5.82 Å². The Bertz CT molecular complexity index is 430. The van der Waals surface area contributed by atoms with Gasteiger partial charge in [0.25, 0.3) is 0 Å². The van der Waals surface area contributed by atoms with Gasteiger partial charge < -0.3 is 10.2 Å². The first-order valence-electron chi connectivity index (χ1n) is 7.44. The van der Waals surface area contributed by atoms with Gasteiger partial charge in [-0.2, -0.15) is 0 Å². The number of pyridine rings is 1. The van der Waals surface area contributed by atoms with E-state index in [4.69, 9.17) is 0 Å². The average molecular weight is 280 g/mol. The number of hydrogen-bond acceptors (Lipinski definition) is 4. The van der Waals surface area contributed by atoms with E-state index < -0.39 is 0 Å². The quantitative estimate of drug-likeness (QED) is 0.892. The Hall–Kier alpha value is -1.20. The Kier molecular flexibility index (Phi) is 5.31. The van der Waals surface area contributed by atoms with Crippen LogP contribution >= 0.6 is 0 Å². The van der Waals surface area contributed by atoms with Gasteiger partial charge in [-0.3, -0.25) is 4.90 Å². The predicted octanol–water partition coefficient (Wildman–Crippen LogP) is 1.86. The van der Waals surface area contributed by atoms with Crippen molar-refractivity contribution < 1.29 is 4.39 Å². The largest absolute Gasteiger partial charge is 0.352 e. The Morgan fingerprint density at radius 2 is 2.05 bits per heavy atom. The third-order valence-electron chi connectivity index (χ3n) is 4.15. The average Bonchev–Trinajstić information content (AvgIpc) is 2.49. The fraction of sp³-hybridized carbons (Fsp3) is 0.667. The van der Waals surface area contributed by atoms with Gasteiger partial charge in [0, 0.05) is 50.5 Å². The molecule has 0 saturated carbocycles. The molecule has 0 aromatic carbocycles. The van der Waals surface area contributed by atoms with Crippen molar-refractivity contribution in [1.82, 2.24) is 15.2 Å². The molecule has 1 aromatic heterocycles. The first kappa shape index (κ1) is 15.2. The topological polar surface area (TPSA) is 31.4 Å². The maximum Gasteiger partial charge on any atom is 0.170 e. The van der Waals surface area contributed by atoms with Crippen LogP contribution < -0.4 is 10.2 Å². The number of anilines is 1. The van der Waals surface area contributed by atoms with Crippen molar-refractivity contribution in [2.75, 3.05) is 38.1 Å².